The summed E-state index contributed by atoms with van der Waals surface area (Å²) in [6.45, 7) is 0. The first-order chi connectivity index (χ1) is 8.24. The van der Waals surface area contributed by atoms with Crippen molar-refractivity contribution in [3.05, 3.63) is 24.0 Å². The van der Waals surface area contributed by atoms with Crippen LogP contribution in [0.3, 0.4) is 0 Å². The van der Waals surface area contributed by atoms with Gasteiger partial charge in [0.25, 0.3) is 0 Å². The number of rotatable bonds is 3. The van der Waals surface area contributed by atoms with Gasteiger partial charge in [-0.05, 0) is 25.3 Å². The number of ether oxygens (including phenoxy) is 1. The van der Waals surface area contributed by atoms with Crippen molar-refractivity contribution < 1.29 is 14.6 Å². The van der Waals surface area contributed by atoms with Crippen LogP contribution in [-0.2, 0) is 4.74 Å². The topological polar surface area (TPSA) is 71.5 Å². The summed E-state index contributed by atoms with van der Waals surface area (Å²) < 4.78 is 5.73. The van der Waals surface area contributed by atoms with E-state index >= 15 is 0 Å². The fourth-order valence-electron chi connectivity index (χ4n) is 2.69. The monoisotopic (exact) mass is 234 g/mol. The molecule has 0 aliphatic carbocycles. The molecule has 0 spiro atoms. The zero-order chi connectivity index (χ0) is 11.8. The normalized spacial score (nSPS) is 30.5. The van der Waals surface area contributed by atoms with Crippen molar-refractivity contribution in [1.29, 1.82) is 0 Å². The molecular formula is C12H14N2O3. The predicted octanol–water partition coefficient (Wildman–Crippen LogP) is 1.51. The Morgan fingerprint density at radius 3 is 3.06 bits per heavy atom. The molecule has 2 N–H and O–H groups in total. The summed E-state index contributed by atoms with van der Waals surface area (Å²) in [4.78, 5) is 15.0. The van der Waals surface area contributed by atoms with Crippen molar-refractivity contribution in [2.75, 3.05) is 5.32 Å². The van der Waals surface area contributed by atoms with Crippen LogP contribution in [0.25, 0.3) is 0 Å². The van der Waals surface area contributed by atoms with Crippen molar-refractivity contribution in [2.24, 2.45) is 0 Å². The molecule has 3 heterocycles. The van der Waals surface area contributed by atoms with Crippen LogP contribution >= 0.6 is 0 Å². The minimum absolute atomic E-state index is 0.219. The SMILES string of the molecule is O=C(O)c1ccncc1NC1CC2CCC1O2. The molecule has 2 aliphatic heterocycles. The van der Waals surface area contributed by atoms with Crippen LogP contribution in [0.5, 0.6) is 0 Å². The van der Waals surface area contributed by atoms with Gasteiger partial charge in [0.1, 0.15) is 0 Å². The minimum atomic E-state index is -0.932. The molecule has 2 fully saturated rings. The smallest absolute Gasteiger partial charge is 0.337 e. The lowest BCUT2D eigenvalue weighted by Gasteiger charge is -2.21. The second kappa shape index (κ2) is 4.00. The molecule has 2 saturated heterocycles. The molecule has 3 unspecified atom stereocenters. The summed E-state index contributed by atoms with van der Waals surface area (Å²) in [7, 11) is 0. The number of nitrogens with zero attached hydrogens (tertiary/aromatic N) is 1. The van der Waals surface area contributed by atoms with E-state index in [1.807, 2.05) is 0 Å². The molecule has 0 radical (unpaired) electrons. The first-order valence-corrected chi connectivity index (χ1v) is 5.83. The van der Waals surface area contributed by atoms with E-state index in [1.54, 1.807) is 6.20 Å². The van der Waals surface area contributed by atoms with Gasteiger partial charge in [0.2, 0.25) is 0 Å². The van der Waals surface area contributed by atoms with E-state index in [-0.39, 0.29) is 17.7 Å². The first-order valence-electron chi connectivity index (χ1n) is 5.83. The summed E-state index contributed by atoms with van der Waals surface area (Å²) >= 11 is 0. The van der Waals surface area contributed by atoms with Crippen molar-refractivity contribution in [3.63, 3.8) is 0 Å². The molecule has 2 bridgehead atoms. The van der Waals surface area contributed by atoms with E-state index in [0.29, 0.717) is 11.8 Å². The lowest BCUT2D eigenvalue weighted by Crippen LogP contribution is -2.31. The Balaban J connectivity index is 1.79. The second-order valence-corrected chi connectivity index (χ2v) is 4.59. The first kappa shape index (κ1) is 10.5. The predicted molar refractivity (Wildman–Crippen MR) is 61.1 cm³/mol. The zero-order valence-corrected chi connectivity index (χ0v) is 9.30. The number of carbonyl (C=O) groups is 1. The number of carboxylic acid groups (broad SMARTS) is 1. The quantitative estimate of drug-likeness (QED) is 0.829. The minimum Gasteiger partial charge on any atom is -0.478 e. The molecule has 0 aromatic carbocycles. The number of aromatic carboxylic acids is 1. The second-order valence-electron chi connectivity index (χ2n) is 4.59. The van der Waals surface area contributed by atoms with Gasteiger partial charge < -0.3 is 15.2 Å². The average Bonchev–Trinajstić information content (AvgIpc) is 2.91. The van der Waals surface area contributed by atoms with E-state index in [1.165, 1.54) is 12.3 Å². The summed E-state index contributed by atoms with van der Waals surface area (Å²) in [5.41, 5.74) is 0.851. The Hall–Kier alpha value is -1.62. The number of carboxylic acids is 1. The summed E-state index contributed by atoms with van der Waals surface area (Å²) in [5.74, 6) is -0.932. The van der Waals surface area contributed by atoms with Crippen molar-refractivity contribution >= 4 is 11.7 Å². The number of nitrogens with one attached hydrogen (secondary N) is 1. The van der Waals surface area contributed by atoms with Gasteiger partial charge >= 0.3 is 5.97 Å². The van der Waals surface area contributed by atoms with Crippen LogP contribution in [0.1, 0.15) is 29.6 Å². The number of fused-ring (bicyclic) bond motifs is 2. The molecule has 1 aromatic heterocycles. The molecular weight excluding hydrogens is 220 g/mol. The van der Waals surface area contributed by atoms with Crippen LogP contribution < -0.4 is 5.32 Å². The van der Waals surface area contributed by atoms with Crippen molar-refractivity contribution in [2.45, 2.75) is 37.5 Å². The number of aromatic nitrogens is 1. The van der Waals surface area contributed by atoms with Gasteiger partial charge in [-0.2, -0.15) is 0 Å². The Morgan fingerprint density at radius 2 is 2.41 bits per heavy atom. The molecule has 2 aliphatic rings. The molecule has 5 heteroatoms. The molecule has 1 aromatic rings. The molecule has 5 nitrogen and oxygen atoms in total. The number of hydrogen-bond acceptors (Lipinski definition) is 4. The number of anilines is 1. The Kier molecular flexibility index (Phi) is 2.48. The van der Waals surface area contributed by atoms with Crippen molar-refractivity contribution in [1.82, 2.24) is 4.98 Å². The lowest BCUT2D eigenvalue weighted by molar-refractivity contribution is 0.0697. The van der Waals surface area contributed by atoms with Crippen LogP contribution in [0.4, 0.5) is 5.69 Å². The summed E-state index contributed by atoms with van der Waals surface area (Å²) in [6.07, 6.45) is 6.77. The van der Waals surface area contributed by atoms with Gasteiger partial charge in [0, 0.05) is 6.20 Å². The molecule has 0 amide bonds. The number of pyridine rings is 1. The van der Waals surface area contributed by atoms with E-state index in [9.17, 15) is 4.79 Å². The van der Waals surface area contributed by atoms with Gasteiger partial charge in [-0.1, -0.05) is 0 Å². The molecule has 0 saturated carbocycles. The van der Waals surface area contributed by atoms with Crippen molar-refractivity contribution in [3.8, 4) is 0 Å². The third kappa shape index (κ3) is 1.86. The fourth-order valence-corrected chi connectivity index (χ4v) is 2.69. The molecule has 3 atom stereocenters. The highest BCUT2D eigenvalue weighted by molar-refractivity contribution is 5.93. The average molecular weight is 234 g/mol. The summed E-state index contributed by atoms with van der Waals surface area (Å²) in [6, 6.07) is 1.73. The molecule has 17 heavy (non-hydrogen) atoms. The fraction of sp³-hybridized carbons (Fsp3) is 0.500. The van der Waals surface area contributed by atoms with Gasteiger partial charge in [0.15, 0.2) is 0 Å². The Labute approximate surface area is 98.8 Å². The van der Waals surface area contributed by atoms with Crippen LogP contribution in [0, 0.1) is 0 Å². The maximum absolute atomic E-state index is 11.1. The Bertz CT molecular complexity index is 449. The molecule has 90 valence electrons. The summed E-state index contributed by atoms with van der Waals surface area (Å²) in [5, 5.41) is 12.3. The van der Waals surface area contributed by atoms with E-state index in [2.05, 4.69) is 10.3 Å². The zero-order valence-electron chi connectivity index (χ0n) is 9.30. The Morgan fingerprint density at radius 1 is 1.53 bits per heavy atom. The highest BCUT2D eigenvalue weighted by Crippen LogP contribution is 2.36. The number of hydrogen-bond donors (Lipinski definition) is 2. The van der Waals surface area contributed by atoms with Gasteiger partial charge in [-0.25, -0.2) is 4.79 Å². The standard InChI is InChI=1S/C12H14N2O3/c15-12(16)8-3-4-13-6-10(8)14-9-5-7-1-2-11(9)17-7/h3-4,6-7,9,11,14H,1-2,5H2,(H,15,16). The highest BCUT2D eigenvalue weighted by Gasteiger charge is 2.40. The third-order valence-corrected chi connectivity index (χ3v) is 3.50. The van der Waals surface area contributed by atoms with E-state index in [0.717, 1.165) is 19.3 Å². The van der Waals surface area contributed by atoms with Crippen LogP contribution in [-0.4, -0.2) is 34.3 Å². The van der Waals surface area contributed by atoms with Crippen LogP contribution in [0.2, 0.25) is 0 Å². The largest absolute Gasteiger partial charge is 0.478 e. The maximum atomic E-state index is 11.1. The third-order valence-electron chi connectivity index (χ3n) is 3.50. The highest BCUT2D eigenvalue weighted by atomic mass is 16.5. The van der Waals surface area contributed by atoms with Gasteiger partial charge in [0.05, 0.1) is 35.7 Å². The van der Waals surface area contributed by atoms with Crippen LogP contribution in [0.15, 0.2) is 18.5 Å². The van der Waals surface area contributed by atoms with E-state index in [4.69, 9.17) is 9.84 Å². The van der Waals surface area contributed by atoms with E-state index < -0.39 is 5.97 Å². The lowest BCUT2D eigenvalue weighted by atomic mass is 9.95. The molecule has 3 rings (SSSR count). The van der Waals surface area contributed by atoms with Gasteiger partial charge in [-0.15, -0.1) is 0 Å². The maximum Gasteiger partial charge on any atom is 0.337 e. The van der Waals surface area contributed by atoms with Gasteiger partial charge in [-0.3, -0.25) is 4.98 Å².